The van der Waals surface area contributed by atoms with Crippen LogP contribution in [0.3, 0.4) is 0 Å². The van der Waals surface area contributed by atoms with Crippen LogP contribution in [0.2, 0.25) is 0 Å². The summed E-state index contributed by atoms with van der Waals surface area (Å²) in [7, 11) is 3.56. The number of hydrogen-bond acceptors (Lipinski definition) is 4. The van der Waals surface area contributed by atoms with Gasteiger partial charge >= 0.3 is 0 Å². The van der Waals surface area contributed by atoms with E-state index in [9.17, 15) is 4.79 Å². The predicted molar refractivity (Wildman–Crippen MR) is 121 cm³/mol. The predicted octanol–water partition coefficient (Wildman–Crippen LogP) is 4.13. The lowest BCUT2D eigenvalue weighted by Gasteiger charge is -2.12. The Bertz CT molecular complexity index is 1190. The minimum atomic E-state index is -0.160. The number of nitrogens with one attached hydrogen (secondary N) is 1. The molecule has 0 aliphatic carbocycles. The zero-order valence-corrected chi connectivity index (χ0v) is 17.7. The van der Waals surface area contributed by atoms with Gasteiger partial charge in [-0.2, -0.15) is 0 Å². The maximum Gasteiger partial charge on any atom is 0.251 e. The number of nitrogens with zero attached hydrogens (tertiary/aromatic N) is 2. The van der Waals surface area contributed by atoms with Gasteiger partial charge in [0.1, 0.15) is 12.4 Å². The lowest BCUT2D eigenvalue weighted by atomic mass is 10.2. The second-order valence-corrected chi connectivity index (χ2v) is 7.22. The Morgan fingerprint density at radius 3 is 2.55 bits per heavy atom. The summed E-state index contributed by atoms with van der Waals surface area (Å²) in [6.07, 6.45) is 0.645. The molecule has 0 radical (unpaired) electrons. The van der Waals surface area contributed by atoms with Gasteiger partial charge in [-0.1, -0.05) is 42.5 Å². The SMILES string of the molecule is COc1cc(C(=O)NCCc2nc3ccccc3n2C)ccc1OCc1ccccc1. The van der Waals surface area contributed by atoms with E-state index in [1.165, 1.54) is 0 Å². The summed E-state index contributed by atoms with van der Waals surface area (Å²) >= 11 is 0. The molecule has 0 spiro atoms. The van der Waals surface area contributed by atoms with E-state index in [1.54, 1.807) is 25.3 Å². The summed E-state index contributed by atoms with van der Waals surface area (Å²) in [5.41, 5.74) is 3.63. The maximum absolute atomic E-state index is 12.6. The lowest BCUT2D eigenvalue weighted by Crippen LogP contribution is -2.26. The summed E-state index contributed by atoms with van der Waals surface area (Å²) < 4.78 is 13.4. The molecule has 4 aromatic rings. The molecule has 0 aliphatic heterocycles. The number of rotatable bonds is 8. The van der Waals surface area contributed by atoms with Crippen LogP contribution in [0, 0.1) is 0 Å². The van der Waals surface area contributed by atoms with Crippen LogP contribution in [0.5, 0.6) is 11.5 Å². The number of aryl methyl sites for hydroxylation is 1. The second kappa shape index (κ2) is 9.34. The minimum absolute atomic E-state index is 0.160. The van der Waals surface area contributed by atoms with Crippen molar-refractivity contribution in [2.24, 2.45) is 7.05 Å². The Morgan fingerprint density at radius 1 is 1.00 bits per heavy atom. The molecule has 6 heteroatoms. The van der Waals surface area contributed by atoms with E-state index in [2.05, 4.69) is 14.9 Å². The van der Waals surface area contributed by atoms with Crippen LogP contribution in [0.1, 0.15) is 21.7 Å². The molecule has 31 heavy (non-hydrogen) atoms. The molecule has 4 rings (SSSR count). The molecule has 1 amide bonds. The molecule has 158 valence electrons. The van der Waals surface area contributed by atoms with E-state index in [0.717, 1.165) is 22.4 Å². The molecule has 0 atom stereocenters. The maximum atomic E-state index is 12.6. The van der Waals surface area contributed by atoms with Crippen LogP contribution >= 0.6 is 0 Å². The first-order valence-corrected chi connectivity index (χ1v) is 10.2. The van der Waals surface area contributed by atoms with E-state index in [-0.39, 0.29) is 5.91 Å². The van der Waals surface area contributed by atoms with Crippen molar-refractivity contribution in [3.8, 4) is 11.5 Å². The Hall–Kier alpha value is -3.80. The Balaban J connectivity index is 1.37. The first-order valence-electron chi connectivity index (χ1n) is 10.2. The van der Waals surface area contributed by atoms with Crippen LogP contribution in [0.4, 0.5) is 0 Å². The molecule has 0 aliphatic rings. The number of methoxy groups -OCH3 is 1. The molecule has 0 bridgehead atoms. The highest BCUT2D eigenvalue weighted by Crippen LogP contribution is 2.29. The number of fused-ring (bicyclic) bond motifs is 1. The first kappa shape index (κ1) is 20.5. The van der Waals surface area contributed by atoms with Gasteiger partial charge in [0.15, 0.2) is 11.5 Å². The summed E-state index contributed by atoms with van der Waals surface area (Å²) in [4.78, 5) is 17.3. The molecule has 3 aromatic carbocycles. The second-order valence-electron chi connectivity index (χ2n) is 7.22. The van der Waals surface area contributed by atoms with Crippen molar-refractivity contribution in [1.82, 2.24) is 14.9 Å². The number of ether oxygens (including phenoxy) is 2. The number of hydrogen-bond donors (Lipinski definition) is 1. The van der Waals surface area contributed by atoms with Crippen molar-refractivity contribution in [1.29, 1.82) is 0 Å². The standard InChI is InChI=1S/C25H25N3O3/c1-28-21-11-7-6-10-20(21)27-24(28)14-15-26-25(29)19-12-13-22(23(16-19)30-2)31-17-18-8-4-3-5-9-18/h3-13,16H,14-15,17H2,1-2H3,(H,26,29). The van der Waals surface area contributed by atoms with Crippen LogP contribution < -0.4 is 14.8 Å². The largest absolute Gasteiger partial charge is 0.493 e. The molecule has 1 N–H and O–H groups in total. The topological polar surface area (TPSA) is 65.4 Å². The Morgan fingerprint density at radius 2 is 1.77 bits per heavy atom. The summed E-state index contributed by atoms with van der Waals surface area (Å²) in [5, 5.41) is 2.96. The van der Waals surface area contributed by atoms with Crippen LogP contribution in [-0.2, 0) is 20.1 Å². The monoisotopic (exact) mass is 415 g/mol. The zero-order valence-electron chi connectivity index (χ0n) is 17.7. The summed E-state index contributed by atoms with van der Waals surface area (Å²) in [6.45, 7) is 0.922. The molecule has 1 aromatic heterocycles. The van der Waals surface area contributed by atoms with Crippen molar-refractivity contribution < 1.29 is 14.3 Å². The van der Waals surface area contributed by atoms with Gasteiger partial charge in [-0.25, -0.2) is 4.98 Å². The van der Waals surface area contributed by atoms with Gasteiger partial charge in [-0.15, -0.1) is 0 Å². The van der Waals surface area contributed by atoms with E-state index >= 15 is 0 Å². The van der Waals surface area contributed by atoms with E-state index < -0.39 is 0 Å². The quantitative estimate of drug-likeness (QED) is 0.470. The zero-order chi connectivity index (χ0) is 21.6. The van der Waals surface area contributed by atoms with Crippen molar-refractivity contribution in [3.63, 3.8) is 0 Å². The third kappa shape index (κ3) is 4.69. The van der Waals surface area contributed by atoms with Crippen molar-refractivity contribution >= 4 is 16.9 Å². The number of carbonyl (C=O) groups excluding carboxylic acids is 1. The number of carbonyl (C=O) groups is 1. The summed E-state index contributed by atoms with van der Waals surface area (Å²) in [6, 6.07) is 23.1. The smallest absolute Gasteiger partial charge is 0.251 e. The molecule has 6 nitrogen and oxygen atoms in total. The number of amides is 1. The summed E-state index contributed by atoms with van der Waals surface area (Å²) in [5.74, 6) is 1.90. The van der Waals surface area contributed by atoms with Crippen molar-refractivity contribution in [2.45, 2.75) is 13.0 Å². The molecule has 0 unspecified atom stereocenters. The number of para-hydroxylation sites is 2. The Kier molecular flexibility index (Phi) is 6.17. The molecular weight excluding hydrogens is 390 g/mol. The van der Waals surface area contributed by atoms with Gasteiger partial charge in [0.2, 0.25) is 0 Å². The average Bonchev–Trinajstić information content (AvgIpc) is 3.13. The fraction of sp³-hybridized carbons (Fsp3) is 0.200. The molecule has 0 fully saturated rings. The van der Waals surface area contributed by atoms with Crippen LogP contribution in [0.25, 0.3) is 11.0 Å². The molecule has 0 saturated carbocycles. The van der Waals surface area contributed by atoms with Gasteiger partial charge in [0.05, 0.1) is 18.1 Å². The van der Waals surface area contributed by atoms with Crippen molar-refractivity contribution in [3.05, 3.63) is 89.7 Å². The highest BCUT2D eigenvalue weighted by Gasteiger charge is 2.12. The van der Waals surface area contributed by atoms with Gasteiger partial charge in [0.25, 0.3) is 5.91 Å². The van der Waals surface area contributed by atoms with Gasteiger partial charge in [-0.3, -0.25) is 4.79 Å². The fourth-order valence-corrected chi connectivity index (χ4v) is 3.47. The van der Waals surface area contributed by atoms with E-state index in [1.807, 2.05) is 61.6 Å². The third-order valence-corrected chi connectivity index (χ3v) is 5.18. The third-order valence-electron chi connectivity index (χ3n) is 5.18. The highest BCUT2D eigenvalue weighted by molar-refractivity contribution is 5.94. The first-order chi connectivity index (χ1) is 15.2. The van der Waals surface area contributed by atoms with E-state index in [4.69, 9.17) is 9.47 Å². The van der Waals surface area contributed by atoms with Gasteiger partial charge in [0, 0.05) is 25.6 Å². The Labute approximate surface area is 181 Å². The molecule has 1 heterocycles. The molecule has 0 saturated heterocycles. The lowest BCUT2D eigenvalue weighted by molar-refractivity contribution is 0.0953. The minimum Gasteiger partial charge on any atom is -0.493 e. The van der Waals surface area contributed by atoms with Crippen LogP contribution in [0.15, 0.2) is 72.8 Å². The van der Waals surface area contributed by atoms with Crippen LogP contribution in [-0.4, -0.2) is 29.1 Å². The number of benzene rings is 3. The van der Waals surface area contributed by atoms with E-state index in [0.29, 0.717) is 36.6 Å². The highest BCUT2D eigenvalue weighted by atomic mass is 16.5. The molecular formula is C25H25N3O3. The van der Waals surface area contributed by atoms with Gasteiger partial charge < -0.3 is 19.4 Å². The average molecular weight is 415 g/mol. The normalized spacial score (nSPS) is 10.8. The van der Waals surface area contributed by atoms with Crippen molar-refractivity contribution in [2.75, 3.05) is 13.7 Å². The number of imidazole rings is 1. The van der Waals surface area contributed by atoms with Gasteiger partial charge in [-0.05, 0) is 35.9 Å². The number of aromatic nitrogens is 2. The fourth-order valence-electron chi connectivity index (χ4n) is 3.47.